The van der Waals surface area contributed by atoms with Crippen molar-refractivity contribution in [3.8, 4) is 0 Å². The van der Waals surface area contributed by atoms with E-state index in [0.29, 0.717) is 23.3 Å². The number of benzene rings is 2. The summed E-state index contributed by atoms with van der Waals surface area (Å²) in [6.45, 7) is 3.19. The minimum Gasteiger partial charge on any atom is -0.255 e. The Balaban J connectivity index is 0.000000240. The molecule has 24 heavy (non-hydrogen) atoms. The number of halogens is 5. The van der Waals surface area contributed by atoms with Gasteiger partial charge >= 0.3 is 6.04 Å². The van der Waals surface area contributed by atoms with E-state index in [1.807, 2.05) is 0 Å². The lowest BCUT2D eigenvalue weighted by Crippen LogP contribution is -1.99. The van der Waals surface area contributed by atoms with E-state index in [-0.39, 0.29) is 0 Å². The zero-order valence-corrected chi connectivity index (χ0v) is 13.3. The number of aliphatic imine (C=N–C) groups is 1. The molecular formula is C16H10F5NOS. The molecule has 0 aliphatic heterocycles. The number of isothiocyanates is 1. The van der Waals surface area contributed by atoms with Crippen LogP contribution in [0.1, 0.15) is 21.5 Å². The minimum absolute atomic E-state index is 0.333. The maximum atomic E-state index is 12.9. The van der Waals surface area contributed by atoms with Gasteiger partial charge in [-0.1, -0.05) is 6.07 Å². The Labute approximate surface area is 139 Å². The van der Waals surface area contributed by atoms with Crippen LogP contribution in [0.5, 0.6) is 0 Å². The lowest BCUT2D eigenvalue weighted by molar-refractivity contribution is 0.0830. The van der Waals surface area contributed by atoms with Crippen LogP contribution in [-0.4, -0.2) is 11.2 Å². The molecule has 0 saturated carbocycles. The van der Waals surface area contributed by atoms with Crippen molar-refractivity contribution in [3.05, 3.63) is 64.2 Å². The van der Waals surface area contributed by atoms with Gasteiger partial charge in [0.05, 0.1) is 10.7 Å². The molecule has 0 spiro atoms. The number of thiocarbonyl (C=S) groups is 1. The van der Waals surface area contributed by atoms with E-state index in [4.69, 9.17) is 0 Å². The monoisotopic (exact) mass is 359 g/mol. The highest BCUT2D eigenvalue weighted by atomic mass is 32.1. The van der Waals surface area contributed by atoms with Crippen LogP contribution in [0, 0.1) is 37.1 Å². The van der Waals surface area contributed by atoms with E-state index in [1.165, 1.54) is 6.92 Å². The molecule has 2 nitrogen and oxygen atoms in total. The third kappa shape index (κ3) is 5.04. The first-order chi connectivity index (χ1) is 11.2. The van der Waals surface area contributed by atoms with Gasteiger partial charge in [0.25, 0.3) is 0 Å². The van der Waals surface area contributed by atoms with E-state index in [0.717, 1.165) is 6.07 Å². The molecule has 2 aromatic carbocycles. The van der Waals surface area contributed by atoms with Crippen molar-refractivity contribution in [2.24, 2.45) is 4.99 Å². The van der Waals surface area contributed by atoms with Gasteiger partial charge in [-0.05, 0) is 43.3 Å². The molecule has 0 heterocycles. The molecule has 0 atom stereocenters. The van der Waals surface area contributed by atoms with Crippen molar-refractivity contribution in [2.45, 2.75) is 13.8 Å². The van der Waals surface area contributed by atoms with E-state index >= 15 is 0 Å². The van der Waals surface area contributed by atoms with Crippen LogP contribution in [0.4, 0.5) is 27.6 Å². The highest BCUT2D eigenvalue weighted by molar-refractivity contribution is 7.78. The Hall–Kier alpha value is -2.44. The number of hydrogen-bond acceptors (Lipinski definition) is 3. The highest BCUT2D eigenvalue weighted by Gasteiger charge is 2.14. The molecule has 0 saturated heterocycles. The molecule has 0 radical (unpaired) electrons. The summed E-state index contributed by atoms with van der Waals surface area (Å²) in [6.07, 6.45) is 0. The SMILES string of the molecule is Cc1cc(C)c(C(=O)F)c(F)c1.Fc1cc(F)c(N=C=S)c(F)c1. The molecule has 0 fully saturated rings. The molecule has 2 aromatic rings. The fourth-order valence-corrected chi connectivity index (χ4v) is 1.94. The first kappa shape index (κ1) is 19.6. The molecule has 0 bridgehead atoms. The van der Waals surface area contributed by atoms with Crippen molar-refractivity contribution in [1.29, 1.82) is 0 Å². The average Bonchev–Trinajstić information content (AvgIpc) is 2.41. The largest absolute Gasteiger partial charge is 0.335 e. The second-order valence-corrected chi connectivity index (χ2v) is 4.82. The summed E-state index contributed by atoms with van der Waals surface area (Å²) in [5, 5.41) is 1.79. The molecule has 0 aliphatic carbocycles. The fraction of sp³-hybridized carbons (Fsp3) is 0.125. The Kier molecular flexibility index (Phi) is 6.88. The van der Waals surface area contributed by atoms with E-state index in [2.05, 4.69) is 17.2 Å². The van der Waals surface area contributed by atoms with Gasteiger partial charge in [0, 0.05) is 12.1 Å². The van der Waals surface area contributed by atoms with Gasteiger partial charge < -0.3 is 0 Å². The van der Waals surface area contributed by atoms with Gasteiger partial charge in [0.15, 0.2) is 11.6 Å². The van der Waals surface area contributed by atoms with Crippen molar-refractivity contribution in [2.75, 3.05) is 0 Å². The molecule has 2 rings (SSSR count). The molecule has 0 N–H and O–H groups in total. The molecule has 8 heteroatoms. The zero-order valence-electron chi connectivity index (χ0n) is 12.5. The standard InChI is InChI=1S/C9H8F2O.C7H2F3NS/c1-5-3-6(2)8(9(11)12)7(10)4-5;8-4-1-5(9)7(11-3-12)6(10)2-4/h3-4H,1-2H3;1-2H. The van der Waals surface area contributed by atoms with E-state index < -0.39 is 40.6 Å². The van der Waals surface area contributed by atoms with Crippen LogP contribution in [0.2, 0.25) is 0 Å². The average molecular weight is 359 g/mol. The summed E-state index contributed by atoms with van der Waals surface area (Å²) >= 11 is 4.14. The van der Waals surface area contributed by atoms with Crippen LogP contribution in [0.25, 0.3) is 0 Å². The number of carbonyl (C=O) groups excluding carboxylic acids is 1. The van der Waals surface area contributed by atoms with Crippen LogP contribution < -0.4 is 0 Å². The third-order valence-corrected chi connectivity index (χ3v) is 2.86. The lowest BCUT2D eigenvalue weighted by atomic mass is 10.1. The van der Waals surface area contributed by atoms with Crippen LogP contribution in [0.15, 0.2) is 29.3 Å². The molecule has 0 amide bonds. The Bertz CT molecular complexity index is 730. The molecule has 0 aromatic heterocycles. The highest BCUT2D eigenvalue weighted by Crippen LogP contribution is 2.22. The summed E-state index contributed by atoms with van der Waals surface area (Å²) in [4.78, 5) is 13.4. The predicted octanol–water partition coefficient (Wildman–Crippen LogP) is 5.39. The number of nitrogens with zero attached hydrogens (tertiary/aromatic N) is 1. The third-order valence-electron chi connectivity index (χ3n) is 2.77. The molecule has 0 aliphatic rings. The van der Waals surface area contributed by atoms with Crippen LogP contribution in [0.3, 0.4) is 0 Å². The maximum Gasteiger partial charge on any atom is 0.335 e. The maximum absolute atomic E-state index is 12.9. The number of carbonyl (C=O) groups is 1. The topological polar surface area (TPSA) is 29.4 Å². The number of hydrogen-bond donors (Lipinski definition) is 0. The summed E-state index contributed by atoms with van der Waals surface area (Å²) < 4.78 is 62.7. The predicted molar refractivity (Wildman–Crippen MR) is 82.3 cm³/mol. The fourth-order valence-electron chi connectivity index (χ4n) is 1.85. The van der Waals surface area contributed by atoms with Gasteiger partial charge in [0.2, 0.25) is 0 Å². The van der Waals surface area contributed by atoms with Gasteiger partial charge in [-0.3, -0.25) is 4.79 Å². The van der Waals surface area contributed by atoms with Crippen LogP contribution >= 0.6 is 12.2 Å². The Morgan fingerprint density at radius 1 is 1.00 bits per heavy atom. The first-order valence-electron chi connectivity index (χ1n) is 6.36. The normalized spacial score (nSPS) is 9.62. The lowest BCUT2D eigenvalue weighted by Gasteiger charge is -2.02. The summed E-state index contributed by atoms with van der Waals surface area (Å²) in [5.74, 6) is -3.97. The van der Waals surface area contributed by atoms with Gasteiger partial charge in [-0.25, -0.2) is 17.6 Å². The van der Waals surface area contributed by atoms with Crippen molar-refractivity contribution < 1.29 is 26.7 Å². The van der Waals surface area contributed by atoms with E-state index in [1.54, 1.807) is 18.2 Å². The summed E-state index contributed by atoms with van der Waals surface area (Å²) in [6, 6.07) is 2.03. The minimum atomic E-state index is -1.72. The van der Waals surface area contributed by atoms with Gasteiger partial charge in [0.1, 0.15) is 17.3 Å². The van der Waals surface area contributed by atoms with Crippen LogP contribution in [-0.2, 0) is 0 Å². The molecule has 0 unspecified atom stereocenters. The molecular weight excluding hydrogens is 349 g/mol. The quantitative estimate of drug-likeness (QED) is 0.311. The van der Waals surface area contributed by atoms with Gasteiger partial charge in [-0.2, -0.15) is 9.38 Å². The second kappa shape index (κ2) is 8.42. The summed E-state index contributed by atoms with van der Waals surface area (Å²) in [7, 11) is 0. The van der Waals surface area contributed by atoms with Crippen molar-refractivity contribution in [1.82, 2.24) is 0 Å². The van der Waals surface area contributed by atoms with Crippen molar-refractivity contribution in [3.63, 3.8) is 0 Å². The Morgan fingerprint density at radius 3 is 1.96 bits per heavy atom. The number of rotatable bonds is 2. The Morgan fingerprint density at radius 2 is 1.54 bits per heavy atom. The van der Waals surface area contributed by atoms with Crippen molar-refractivity contribution >= 4 is 29.1 Å². The van der Waals surface area contributed by atoms with E-state index in [9.17, 15) is 26.7 Å². The number of aryl methyl sites for hydroxylation is 2. The zero-order chi connectivity index (χ0) is 18.4. The smallest absolute Gasteiger partial charge is 0.255 e. The summed E-state index contributed by atoms with van der Waals surface area (Å²) in [5.41, 5.74) is -0.0676. The first-order valence-corrected chi connectivity index (χ1v) is 6.77. The van der Waals surface area contributed by atoms with Gasteiger partial charge in [-0.15, -0.1) is 0 Å². The second-order valence-electron chi connectivity index (χ2n) is 4.63. The molecule has 126 valence electrons.